The van der Waals surface area contributed by atoms with Gasteiger partial charge in [-0.05, 0) is 30.5 Å². The molecule has 0 bridgehead atoms. The van der Waals surface area contributed by atoms with Gasteiger partial charge in [0.15, 0.2) is 5.82 Å². The Morgan fingerprint density at radius 2 is 2.09 bits per heavy atom. The molecule has 0 radical (unpaired) electrons. The fourth-order valence-electron chi connectivity index (χ4n) is 4.21. The van der Waals surface area contributed by atoms with Crippen LogP contribution in [0.2, 0.25) is 0 Å². The van der Waals surface area contributed by atoms with Gasteiger partial charge in [-0.15, -0.1) is 0 Å². The van der Waals surface area contributed by atoms with Crippen LogP contribution in [0.5, 0.6) is 0 Å². The topological polar surface area (TPSA) is 142 Å². The van der Waals surface area contributed by atoms with Gasteiger partial charge in [-0.3, -0.25) is 14.7 Å². The molecule has 34 heavy (non-hydrogen) atoms. The van der Waals surface area contributed by atoms with Crippen molar-refractivity contribution in [1.82, 2.24) is 24.8 Å². The maximum atomic E-state index is 12.2. The molecule has 1 atom stereocenters. The number of fused-ring (bicyclic) bond motifs is 1. The zero-order chi connectivity index (χ0) is 24.1. The van der Waals surface area contributed by atoms with Crippen molar-refractivity contribution >= 4 is 22.8 Å². The number of morpholine rings is 1. The zero-order valence-corrected chi connectivity index (χ0v) is 19.8. The highest BCUT2D eigenvalue weighted by molar-refractivity contribution is 5.89. The molecule has 1 fully saturated rings. The van der Waals surface area contributed by atoms with E-state index in [1.54, 1.807) is 18.5 Å². The Balaban J connectivity index is 1.71. The SMILES string of the molecule is CCCC[C@](C)(CO)Nc1nc(N)nc2cc(-c3cc(=O)[nH]cc3CN3CCOCC3)cnc12. The molecule has 1 aliphatic rings. The molecule has 0 saturated carbocycles. The van der Waals surface area contributed by atoms with E-state index in [0.717, 1.165) is 49.0 Å². The van der Waals surface area contributed by atoms with Crippen molar-refractivity contribution in [2.24, 2.45) is 0 Å². The highest BCUT2D eigenvalue weighted by Crippen LogP contribution is 2.29. The molecule has 182 valence electrons. The third-order valence-corrected chi connectivity index (χ3v) is 6.22. The molecular formula is C24H33N7O3. The van der Waals surface area contributed by atoms with E-state index in [2.05, 4.69) is 37.1 Å². The van der Waals surface area contributed by atoms with E-state index in [4.69, 9.17) is 10.5 Å². The van der Waals surface area contributed by atoms with E-state index in [0.29, 0.717) is 36.6 Å². The van der Waals surface area contributed by atoms with Crippen molar-refractivity contribution in [3.05, 3.63) is 40.4 Å². The highest BCUT2D eigenvalue weighted by Gasteiger charge is 2.25. The largest absolute Gasteiger partial charge is 0.394 e. The quantitative estimate of drug-likeness (QED) is 0.372. The number of ether oxygens (including phenoxy) is 1. The van der Waals surface area contributed by atoms with Gasteiger partial charge in [-0.1, -0.05) is 19.8 Å². The van der Waals surface area contributed by atoms with Crippen LogP contribution in [0.1, 0.15) is 38.7 Å². The van der Waals surface area contributed by atoms with Crippen molar-refractivity contribution in [2.45, 2.75) is 45.2 Å². The minimum absolute atomic E-state index is 0.0474. The first-order valence-electron chi connectivity index (χ1n) is 11.7. The van der Waals surface area contributed by atoms with E-state index in [-0.39, 0.29) is 18.1 Å². The van der Waals surface area contributed by atoms with Crippen LogP contribution in [0.15, 0.2) is 29.3 Å². The van der Waals surface area contributed by atoms with Gasteiger partial charge in [0.1, 0.15) is 5.52 Å². The van der Waals surface area contributed by atoms with Crippen LogP contribution in [-0.2, 0) is 11.3 Å². The number of nitrogens with one attached hydrogen (secondary N) is 2. The number of aliphatic hydroxyl groups is 1. The second-order valence-electron chi connectivity index (χ2n) is 9.09. The van der Waals surface area contributed by atoms with Crippen LogP contribution in [0.3, 0.4) is 0 Å². The van der Waals surface area contributed by atoms with E-state index < -0.39 is 5.54 Å². The molecule has 3 aromatic rings. The average molecular weight is 468 g/mol. The number of rotatable bonds is 9. The van der Waals surface area contributed by atoms with Gasteiger partial charge in [-0.25, -0.2) is 4.98 Å². The number of aromatic nitrogens is 4. The molecule has 5 N–H and O–H groups in total. The molecule has 10 nitrogen and oxygen atoms in total. The molecule has 0 spiro atoms. The molecule has 0 aliphatic carbocycles. The van der Waals surface area contributed by atoms with Gasteiger partial charge >= 0.3 is 0 Å². The van der Waals surface area contributed by atoms with E-state index >= 15 is 0 Å². The van der Waals surface area contributed by atoms with Gasteiger partial charge < -0.3 is 25.9 Å². The van der Waals surface area contributed by atoms with Gasteiger partial charge in [-0.2, -0.15) is 4.98 Å². The van der Waals surface area contributed by atoms with E-state index in [9.17, 15) is 9.90 Å². The Hall–Kier alpha value is -3.08. The number of H-pyrrole nitrogens is 1. The summed E-state index contributed by atoms with van der Waals surface area (Å²) in [5, 5.41) is 13.3. The maximum Gasteiger partial charge on any atom is 0.248 e. The lowest BCUT2D eigenvalue weighted by Crippen LogP contribution is -2.39. The summed E-state index contributed by atoms with van der Waals surface area (Å²) >= 11 is 0. The summed E-state index contributed by atoms with van der Waals surface area (Å²) in [6.07, 6.45) is 6.26. The Morgan fingerprint density at radius 3 is 2.82 bits per heavy atom. The normalized spacial score (nSPS) is 16.4. The van der Waals surface area contributed by atoms with Crippen LogP contribution < -0.4 is 16.6 Å². The van der Waals surface area contributed by atoms with Gasteiger partial charge in [0.05, 0.1) is 30.9 Å². The summed E-state index contributed by atoms with van der Waals surface area (Å²) in [6.45, 7) is 7.80. The number of nitrogens with zero attached hydrogens (tertiary/aromatic N) is 4. The van der Waals surface area contributed by atoms with Gasteiger partial charge in [0.2, 0.25) is 11.5 Å². The van der Waals surface area contributed by atoms with E-state index in [1.165, 1.54) is 0 Å². The summed E-state index contributed by atoms with van der Waals surface area (Å²) in [7, 11) is 0. The Kier molecular flexibility index (Phi) is 7.40. The van der Waals surface area contributed by atoms with Crippen LogP contribution in [0.4, 0.5) is 11.8 Å². The molecule has 1 saturated heterocycles. The molecule has 0 aromatic carbocycles. The Morgan fingerprint density at radius 1 is 1.29 bits per heavy atom. The van der Waals surface area contributed by atoms with Crippen LogP contribution in [-0.4, -0.2) is 68.4 Å². The number of unbranched alkanes of at least 4 members (excludes halogenated alkanes) is 1. The fourth-order valence-corrected chi connectivity index (χ4v) is 4.21. The smallest absolute Gasteiger partial charge is 0.248 e. The molecule has 4 rings (SSSR count). The standard InChI is InChI=1S/C24H33N7O3/c1-3-4-5-24(2,15-32)30-22-21-19(28-23(25)29-22)10-16(12-27-21)18-11-20(33)26-13-17(18)14-31-6-8-34-9-7-31/h10-13,32H,3-9,14-15H2,1-2H3,(H,26,33)(H3,25,28,29,30)/t24-/m1/s1. The van der Waals surface area contributed by atoms with Crippen molar-refractivity contribution < 1.29 is 9.84 Å². The number of aliphatic hydroxyl groups excluding tert-OH is 1. The van der Waals surface area contributed by atoms with Gasteiger partial charge in [0.25, 0.3) is 0 Å². The number of pyridine rings is 2. The molecule has 4 heterocycles. The summed E-state index contributed by atoms with van der Waals surface area (Å²) in [5.41, 5.74) is 9.01. The lowest BCUT2D eigenvalue weighted by atomic mass is 9.96. The number of aromatic amines is 1. The average Bonchev–Trinajstić information content (AvgIpc) is 2.84. The predicted octanol–water partition coefficient (Wildman–Crippen LogP) is 2.15. The van der Waals surface area contributed by atoms with Crippen LogP contribution in [0, 0.1) is 0 Å². The van der Waals surface area contributed by atoms with Crippen LogP contribution in [0.25, 0.3) is 22.2 Å². The van der Waals surface area contributed by atoms with Gasteiger partial charge in [0, 0.05) is 43.7 Å². The molecular weight excluding hydrogens is 434 g/mol. The maximum absolute atomic E-state index is 12.2. The molecule has 1 aliphatic heterocycles. The minimum Gasteiger partial charge on any atom is -0.394 e. The van der Waals surface area contributed by atoms with Crippen molar-refractivity contribution in [3.8, 4) is 11.1 Å². The molecule has 10 heteroatoms. The first kappa shape index (κ1) is 24.1. The highest BCUT2D eigenvalue weighted by atomic mass is 16.5. The van der Waals surface area contributed by atoms with Crippen LogP contribution >= 0.6 is 0 Å². The first-order valence-corrected chi connectivity index (χ1v) is 11.7. The zero-order valence-electron chi connectivity index (χ0n) is 19.8. The summed E-state index contributed by atoms with van der Waals surface area (Å²) in [5.74, 6) is 0.602. The summed E-state index contributed by atoms with van der Waals surface area (Å²) < 4.78 is 5.45. The molecule has 0 unspecified atom stereocenters. The Bertz CT molecular complexity index is 1190. The number of hydrogen-bond donors (Lipinski definition) is 4. The number of nitrogen functional groups attached to an aromatic ring is 1. The van der Waals surface area contributed by atoms with Crippen molar-refractivity contribution in [2.75, 3.05) is 44.0 Å². The number of anilines is 2. The lowest BCUT2D eigenvalue weighted by molar-refractivity contribution is 0.0342. The minimum atomic E-state index is -0.553. The lowest BCUT2D eigenvalue weighted by Gasteiger charge is -2.29. The second-order valence-corrected chi connectivity index (χ2v) is 9.09. The molecule has 3 aromatic heterocycles. The number of nitrogens with two attached hydrogens (primary N) is 1. The van der Waals surface area contributed by atoms with Crippen molar-refractivity contribution in [1.29, 1.82) is 0 Å². The van der Waals surface area contributed by atoms with E-state index in [1.807, 2.05) is 13.0 Å². The molecule has 0 amide bonds. The Labute approximate surface area is 198 Å². The fraction of sp³-hybridized carbons (Fsp3) is 0.500. The third-order valence-electron chi connectivity index (χ3n) is 6.22. The second kappa shape index (κ2) is 10.5. The van der Waals surface area contributed by atoms with Crippen molar-refractivity contribution in [3.63, 3.8) is 0 Å². The first-order chi connectivity index (χ1) is 16.4. The summed E-state index contributed by atoms with van der Waals surface area (Å²) in [6, 6.07) is 3.47. The third kappa shape index (κ3) is 5.52. The predicted molar refractivity (Wildman–Crippen MR) is 133 cm³/mol. The summed E-state index contributed by atoms with van der Waals surface area (Å²) in [4.78, 5) is 30.7. The monoisotopic (exact) mass is 467 g/mol. The number of hydrogen-bond acceptors (Lipinski definition) is 9.